The third-order valence-electron chi connectivity index (χ3n) is 3.14. The average Bonchev–Trinajstić information content (AvgIpc) is 2.50. The first-order chi connectivity index (χ1) is 10.9. The minimum atomic E-state index is -3.69. The number of para-hydroxylation sites is 1. The molecule has 0 bridgehead atoms. The maximum absolute atomic E-state index is 12.3. The van der Waals surface area contributed by atoms with Crippen molar-refractivity contribution in [1.29, 1.82) is 0 Å². The van der Waals surface area contributed by atoms with Crippen molar-refractivity contribution in [3.63, 3.8) is 0 Å². The summed E-state index contributed by atoms with van der Waals surface area (Å²) in [4.78, 5) is 11.0. The van der Waals surface area contributed by atoms with Gasteiger partial charge in [0.25, 0.3) is 10.0 Å². The van der Waals surface area contributed by atoms with Crippen LogP contribution in [-0.2, 0) is 21.2 Å². The van der Waals surface area contributed by atoms with E-state index < -0.39 is 10.0 Å². The van der Waals surface area contributed by atoms with Gasteiger partial charge in [-0.05, 0) is 36.2 Å². The van der Waals surface area contributed by atoms with Crippen molar-refractivity contribution in [1.82, 2.24) is 5.32 Å². The van der Waals surface area contributed by atoms with E-state index in [0.29, 0.717) is 23.7 Å². The molecule has 0 unspecified atom stereocenters. The fourth-order valence-electron chi connectivity index (χ4n) is 1.97. The highest BCUT2D eigenvalue weighted by molar-refractivity contribution is 7.92. The average molecular weight is 353 g/mol. The maximum Gasteiger partial charge on any atom is 0.261 e. The highest BCUT2D eigenvalue weighted by Crippen LogP contribution is 2.24. The predicted octanol–water partition coefficient (Wildman–Crippen LogP) is 2.82. The summed E-state index contributed by atoms with van der Waals surface area (Å²) >= 11 is 5.96. The van der Waals surface area contributed by atoms with E-state index in [-0.39, 0.29) is 10.8 Å². The second-order valence-corrected chi connectivity index (χ2v) is 7.05. The van der Waals surface area contributed by atoms with Crippen LogP contribution in [0.5, 0.6) is 0 Å². The largest absolute Gasteiger partial charge is 0.356 e. The minimum absolute atomic E-state index is 0.0897. The molecule has 2 aromatic rings. The van der Waals surface area contributed by atoms with Crippen LogP contribution in [0.2, 0.25) is 5.02 Å². The van der Waals surface area contributed by atoms with Crippen molar-refractivity contribution < 1.29 is 13.2 Å². The molecule has 0 aliphatic carbocycles. The van der Waals surface area contributed by atoms with Gasteiger partial charge in [0.2, 0.25) is 5.91 Å². The van der Waals surface area contributed by atoms with Gasteiger partial charge in [-0.1, -0.05) is 35.9 Å². The van der Waals surface area contributed by atoms with E-state index in [1.165, 1.54) is 19.1 Å². The summed E-state index contributed by atoms with van der Waals surface area (Å²) in [7, 11) is -3.69. The minimum Gasteiger partial charge on any atom is -0.356 e. The van der Waals surface area contributed by atoms with Crippen molar-refractivity contribution in [2.75, 3.05) is 11.3 Å². The number of amides is 1. The molecule has 122 valence electrons. The molecule has 0 aromatic heterocycles. The van der Waals surface area contributed by atoms with Gasteiger partial charge in [-0.2, -0.15) is 0 Å². The van der Waals surface area contributed by atoms with Crippen LogP contribution in [0.4, 0.5) is 5.69 Å². The molecule has 0 aliphatic heterocycles. The van der Waals surface area contributed by atoms with Crippen molar-refractivity contribution in [3.8, 4) is 0 Å². The molecular weight excluding hydrogens is 336 g/mol. The second-order valence-electron chi connectivity index (χ2n) is 4.96. The van der Waals surface area contributed by atoms with E-state index in [0.717, 1.165) is 5.56 Å². The smallest absolute Gasteiger partial charge is 0.261 e. The Morgan fingerprint density at radius 2 is 1.74 bits per heavy atom. The molecule has 0 heterocycles. The van der Waals surface area contributed by atoms with Gasteiger partial charge in [0.05, 0.1) is 15.6 Å². The standard InChI is InChI=1S/C16H17ClN2O3S/c1-12(20)18-11-10-13-6-8-14(9-7-13)23(21,22)19-16-5-3-2-4-15(16)17/h2-9,19H,10-11H2,1H3,(H,18,20). The summed E-state index contributed by atoms with van der Waals surface area (Å²) in [5.41, 5.74) is 1.28. The third-order valence-corrected chi connectivity index (χ3v) is 4.85. The fraction of sp³-hybridized carbons (Fsp3) is 0.188. The molecule has 5 nitrogen and oxygen atoms in total. The zero-order chi connectivity index (χ0) is 16.9. The Balaban J connectivity index is 2.08. The Hall–Kier alpha value is -2.05. The Kier molecular flexibility index (Phi) is 5.63. The summed E-state index contributed by atoms with van der Waals surface area (Å²) in [6.45, 7) is 1.97. The lowest BCUT2D eigenvalue weighted by atomic mass is 10.1. The predicted molar refractivity (Wildman–Crippen MR) is 91.1 cm³/mol. The number of carbonyl (C=O) groups is 1. The SMILES string of the molecule is CC(=O)NCCc1ccc(S(=O)(=O)Nc2ccccc2Cl)cc1. The summed E-state index contributed by atoms with van der Waals surface area (Å²) in [5.74, 6) is -0.0897. The number of anilines is 1. The van der Waals surface area contributed by atoms with Crippen molar-refractivity contribution in [3.05, 3.63) is 59.1 Å². The van der Waals surface area contributed by atoms with Gasteiger partial charge in [0, 0.05) is 13.5 Å². The van der Waals surface area contributed by atoms with E-state index >= 15 is 0 Å². The molecule has 2 rings (SSSR count). The topological polar surface area (TPSA) is 75.3 Å². The third kappa shape index (κ3) is 4.97. The number of carbonyl (C=O) groups excluding carboxylic acids is 1. The zero-order valence-corrected chi connectivity index (χ0v) is 14.1. The van der Waals surface area contributed by atoms with Crippen molar-refractivity contribution in [2.24, 2.45) is 0 Å². The van der Waals surface area contributed by atoms with Crippen LogP contribution >= 0.6 is 11.6 Å². The van der Waals surface area contributed by atoms with Gasteiger partial charge < -0.3 is 5.32 Å². The molecule has 23 heavy (non-hydrogen) atoms. The fourth-order valence-corrected chi connectivity index (χ4v) is 3.28. The van der Waals surface area contributed by atoms with Crippen LogP contribution in [0.1, 0.15) is 12.5 Å². The number of hydrogen-bond acceptors (Lipinski definition) is 3. The first kappa shape index (κ1) is 17.3. The number of halogens is 1. The molecule has 7 heteroatoms. The lowest BCUT2D eigenvalue weighted by Crippen LogP contribution is -2.22. The first-order valence-electron chi connectivity index (χ1n) is 6.99. The van der Waals surface area contributed by atoms with E-state index in [1.807, 2.05) is 0 Å². The van der Waals surface area contributed by atoms with Gasteiger partial charge in [0.15, 0.2) is 0 Å². The van der Waals surface area contributed by atoms with Gasteiger partial charge >= 0.3 is 0 Å². The lowest BCUT2D eigenvalue weighted by Gasteiger charge is -2.10. The molecule has 0 saturated heterocycles. The molecule has 1 amide bonds. The monoisotopic (exact) mass is 352 g/mol. The number of rotatable bonds is 6. The molecule has 0 aliphatic rings. The molecule has 2 N–H and O–H groups in total. The number of hydrogen-bond donors (Lipinski definition) is 2. The summed E-state index contributed by atoms with van der Waals surface area (Å²) in [5, 5.41) is 3.03. The molecule has 0 spiro atoms. The zero-order valence-electron chi connectivity index (χ0n) is 12.5. The number of benzene rings is 2. The van der Waals surface area contributed by atoms with Crippen molar-refractivity contribution >= 4 is 33.2 Å². The molecule has 0 radical (unpaired) electrons. The first-order valence-corrected chi connectivity index (χ1v) is 8.85. The maximum atomic E-state index is 12.3. The van der Waals surface area contributed by atoms with E-state index in [2.05, 4.69) is 10.0 Å². The summed E-state index contributed by atoms with van der Waals surface area (Å²) in [6.07, 6.45) is 0.637. The highest BCUT2D eigenvalue weighted by atomic mass is 35.5. The van der Waals surface area contributed by atoms with E-state index in [4.69, 9.17) is 11.6 Å². The Morgan fingerprint density at radius 3 is 2.35 bits per heavy atom. The Labute approximate surface area is 140 Å². The van der Waals surface area contributed by atoms with Gasteiger partial charge in [0.1, 0.15) is 0 Å². The van der Waals surface area contributed by atoms with E-state index in [1.54, 1.807) is 36.4 Å². The number of nitrogens with one attached hydrogen (secondary N) is 2. The van der Waals surface area contributed by atoms with Crippen LogP contribution in [-0.4, -0.2) is 20.9 Å². The molecular formula is C16H17ClN2O3S. The van der Waals surface area contributed by atoms with Crippen LogP contribution in [0.3, 0.4) is 0 Å². The van der Waals surface area contributed by atoms with E-state index in [9.17, 15) is 13.2 Å². The van der Waals surface area contributed by atoms with Crippen LogP contribution in [0.15, 0.2) is 53.4 Å². The normalized spacial score (nSPS) is 11.0. The molecule has 2 aromatic carbocycles. The lowest BCUT2D eigenvalue weighted by molar-refractivity contribution is -0.118. The van der Waals surface area contributed by atoms with Gasteiger partial charge in [-0.25, -0.2) is 8.42 Å². The van der Waals surface area contributed by atoms with Crippen molar-refractivity contribution in [2.45, 2.75) is 18.2 Å². The highest BCUT2D eigenvalue weighted by Gasteiger charge is 2.15. The summed E-state index contributed by atoms with van der Waals surface area (Å²) in [6, 6.07) is 13.2. The molecule has 0 fully saturated rings. The van der Waals surface area contributed by atoms with Crippen LogP contribution in [0.25, 0.3) is 0 Å². The van der Waals surface area contributed by atoms with Crippen LogP contribution in [0, 0.1) is 0 Å². The summed E-state index contributed by atoms with van der Waals surface area (Å²) < 4.78 is 27.1. The van der Waals surface area contributed by atoms with Crippen LogP contribution < -0.4 is 10.0 Å². The molecule has 0 saturated carbocycles. The Bertz CT molecular complexity index is 789. The number of sulfonamides is 1. The Morgan fingerprint density at radius 1 is 1.09 bits per heavy atom. The second kappa shape index (κ2) is 7.48. The van der Waals surface area contributed by atoms with Gasteiger partial charge in [-0.3, -0.25) is 9.52 Å². The quantitative estimate of drug-likeness (QED) is 0.839. The molecule has 0 atom stereocenters. The van der Waals surface area contributed by atoms with Gasteiger partial charge in [-0.15, -0.1) is 0 Å².